The summed E-state index contributed by atoms with van der Waals surface area (Å²) >= 11 is 0. The summed E-state index contributed by atoms with van der Waals surface area (Å²) < 4.78 is 107. The molecule has 3 aliphatic rings. The van der Waals surface area contributed by atoms with Gasteiger partial charge in [0.2, 0.25) is 5.88 Å². The molecule has 1 unspecified atom stereocenters. The predicted molar refractivity (Wildman–Crippen MR) is 134 cm³/mol. The molecule has 0 saturated carbocycles. The lowest BCUT2D eigenvalue weighted by Crippen LogP contribution is -2.64. The predicted octanol–water partition coefficient (Wildman–Crippen LogP) is 4.07. The molecule has 1 aromatic heterocycles. The zero-order valence-electron chi connectivity index (χ0n) is 23.7. The number of halogens is 9. The van der Waals surface area contributed by atoms with E-state index in [0.29, 0.717) is 0 Å². The smallest absolute Gasteiger partial charge is 0.481 e. The van der Waals surface area contributed by atoms with Crippen molar-refractivity contribution < 1.29 is 78.7 Å². The van der Waals surface area contributed by atoms with E-state index in [1.165, 1.54) is 50.9 Å². The van der Waals surface area contributed by atoms with Crippen molar-refractivity contribution in [3.8, 4) is 5.88 Å². The van der Waals surface area contributed by atoms with Crippen molar-refractivity contribution in [2.24, 2.45) is 5.92 Å². The number of ether oxygens (including phenoxy) is 2. The number of alkyl halides is 9. The van der Waals surface area contributed by atoms with Crippen LogP contribution in [-0.4, -0.2) is 119 Å². The minimum absolute atomic E-state index is 0.120. The SMILES string of the molecule is COc1ncccc1CN1CC2(C1)OCCC2CCN1CCCC1.O=C(O)C(F)(F)F.O=C(O)C(F)(F)F.O=C(O)C(F)(F)F. The molecule has 3 N–H and O–H groups in total. The van der Waals surface area contributed by atoms with Crippen molar-refractivity contribution in [1.82, 2.24) is 14.8 Å². The normalized spacial score (nSPS) is 19.6. The first-order chi connectivity index (χ1) is 20.6. The van der Waals surface area contributed by atoms with Crippen LogP contribution >= 0.6 is 0 Å². The van der Waals surface area contributed by atoms with Gasteiger partial charge in [-0.3, -0.25) is 4.90 Å². The third-order valence-electron chi connectivity index (χ3n) is 6.74. The molecule has 1 aromatic rings. The van der Waals surface area contributed by atoms with Gasteiger partial charge in [0.25, 0.3) is 0 Å². The first-order valence-corrected chi connectivity index (χ1v) is 13.1. The third-order valence-corrected chi connectivity index (χ3v) is 6.74. The van der Waals surface area contributed by atoms with E-state index in [9.17, 15) is 39.5 Å². The van der Waals surface area contributed by atoms with E-state index in [4.69, 9.17) is 39.2 Å². The fraction of sp³-hybridized carbons (Fsp3) is 0.680. The number of aliphatic carboxylic acids is 3. The molecule has 1 atom stereocenters. The van der Waals surface area contributed by atoms with Crippen LogP contribution in [0.15, 0.2) is 18.3 Å². The number of hydrogen-bond acceptors (Lipinski definition) is 8. The van der Waals surface area contributed by atoms with Gasteiger partial charge in [-0.15, -0.1) is 0 Å². The van der Waals surface area contributed by atoms with Gasteiger partial charge in [-0.25, -0.2) is 19.4 Å². The molecular weight excluding hydrogens is 641 g/mol. The van der Waals surface area contributed by atoms with Crippen LogP contribution in [-0.2, 0) is 25.7 Å². The number of aromatic nitrogens is 1. The van der Waals surface area contributed by atoms with E-state index in [0.717, 1.165) is 38.0 Å². The number of nitrogens with zero attached hydrogens (tertiary/aromatic N) is 3. The molecule has 11 nitrogen and oxygen atoms in total. The molecule has 4 rings (SSSR count). The molecule has 3 aliphatic heterocycles. The van der Waals surface area contributed by atoms with Gasteiger partial charge in [0.05, 0.1) is 12.7 Å². The number of carbonyl (C=O) groups is 3. The topological polar surface area (TPSA) is 150 Å². The van der Waals surface area contributed by atoms with Crippen LogP contribution in [0, 0.1) is 5.92 Å². The second-order valence-electron chi connectivity index (χ2n) is 9.96. The minimum Gasteiger partial charge on any atom is -0.481 e. The number of likely N-dealkylation sites (tertiary alicyclic amines) is 2. The summed E-state index contributed by atoms with van der Waals surface area (Å²) in [5.41, 5.74) is 1.29. The summed E-state index contributed by atoms with van der Waals surface area (Å²) in [6.07, 6.45) is -8.17. The van der Waals surface area contributed by atoms with Gasteiger partial charge < -0.3 is 29.7 Å². The fourth-order valence-corrected chi connectivity index (χ4v) is 4.68. The highest BCUT2D eigenvalue weighted by molar-refractivity contribution is 5.73. The van der Waals surface area contributed by atoms with E-state index in [2.05, 4.69) is 20.9 Å². The highest BCUT2D eigenvalue weighted by Crippen LogP contribution is 2.42. The number of carboxylic acid groups (broad SMARTS) is 3. The van der Waals surface area contributed by atoms with Crippen LogP contribution in [0.4, 0.5) is 39.5 Å². The molecule has 3 fully saturated rings. The molecule has 0 aromatic carbocycles. The second-order valence-corrected chi connectivity index (χ2v) is 9.96. The van der Waals surface area contributed by atoms with Gasteiger partial charge in [-0.05, 0) is 57.3 Å². The van der Waals surface area contributed by atoms with E-state index in [1.54, 1.807) is 13.3 Å². The van der Waals surface area contributed by atoms with Crippen LogP contribution in [0.25, 0.3) is 0 Å². The van der Waals surface area contributed by atoms with Crippen molar-refractivity contribution in [1.29, 1.82) is 0 Å². The van der Waals surface area contributed by atoms with Crippen molar-refractivity contribution in [3.05, 3.63) is 23.9 Å². The molecule has 258 valence electrons. The zero-order valence-corrected chi connectivity index (χ0v) is 23.7. The summed E-state index contributed by atoms with van der Waals surface area (Å²) in [5.74, 6) is -6.80. The first-order valence-electron chi connectivity index (χ1n) is 13.1. The summed E-state index contributed by atoms with van der Waals surface area (Å²) in [5, 5.41) is 21.4. The lowest BCUT2D eigenvalue weighted by atomic mass is 9.78. The van der Waals surface area contributed by atoms with Crippen LogP contribution in [0.3, 0.4) is 0 Å². The maximum absolute atomic E-state index is 10.6. The van der Waals surface area contributed by atoms with E-state index in [-0.39, 0.29) is 5.60 Å². The van der Waals surface area contributed by atoms with Gasteiger partial charge in [0, 0.05) is 38.0 Å². The summed E-state index contributed by atoms with van der Waals surface area (Å²) in [4.78, 5) is 36.1. The third kappa shape index (κ3) is 13.6. The van der Waals surface area contributed by atoms with Crippen LogP contribution in [0.2, 0.25) is 0 Å². The number of pyridine rings is 1. The van der Waals surface area contributed by atoms with Crippen molar-refractivity contribution >= 4 is 17.9 Å². The monoisotopic (exact) mass is 673 g/mol. The summed E-state index contributed by atoms with van der Waals surface area (Å²) in [7, 11) is 1.69. The molecule has 1 spiro atoms. The number of methoxy groups -OCH3 is 1. The second kappa shape index (κ2) is 16.8. The van der Waals surface area contributed by atoms with E-state index < -0.39 is 36.4 Å². The molecule has 20 heteroatoms. The van der Waals surface area contributed by atoms with Crippen LogP contribution in [0.1, 0.15) is 31.2 Å². The number of hydrogen-bond donors (Lipinski definition) is 3. The molecule has 4 heterocycles. The zero-order chi connectivity index (χ0) is 34.6. The maximum Gasteiger partial charge on any atom is 0.490 e. The fourth-order valence-electron chi connectivity index (χ4n) is 4.68. The molecule has 0 amide bonds. The van der Waals surface area contributed by atoms with Crippen molar-refractivity contribution in [2.45, 2.75) is 56.4 Å². The first kappa shape index (κ1) is 39.6. The largest absolute Gasteiger partial charge is 0.490 e. The Morgan fingerprint density at radius 2 is 1.38 bits per heavy atom. The molecular formula is C25H32F9N3O8. The lowest BCUT2D eigenvalue weighted by molar-refractivity contribution is -0.193. The van der Waals surface area contributed by atoms with Crippen molar-refractivity contribution in [2.75, 3.05) is 46.4 Å². The molecule has 0 aliphatic carbocycles. The van der Waals surface area contributed by atoms with Gasteiger partial charge >= 0.3 is 36.4 Å². The van der Waals surface area contributed by atoms with Gasteiger partial charge in [-0.2, -0.15) is 39.5 Å². The Morgan fingerprint density at radius 3 is 1.80 bits per heavy atom. The Kier molecular flexibility index (Phi) is 14.8. The Morgan fingerprint density at radius 1 is 0.911 bits per heavy atom. The van der Waals surface area contributed by atoms with E-state index in [1.807, 2.05) is 6.07 Å². The Balaban J connectivity index is 0.000000396. The number of carboxylic acids is 3. The molecule has 3 saturated heterocycles. The molecule has 45 heavy (non-hydrogen) atoms. The highest BCUT2D eigenvalue weighted by atomic mass is 19.4. The minimum atomic E-state index is -5.08. The molecule has 0 bridgehead atoms. The number of rotatable bonds is 6. The van der Waals surface area contributed by atoms with Crippen LogP contribution < -0.4 is 4.74 Å². The van der Waals surface area contributed by atoms with Crippen molar-refractivity contribution in [3.63, 3.8) is 0 Å². The Hall–Kier alpha value is -3.39. The average molecular weight is 674 g/mol. The highest BCUT2D eigenvalue weighted by Gasteiger charge is 2.52. The Bertz CT molecular complexity index is 1050. The van der Waals surface area contributed by atoms with Crippen LogP contribution in [0.5, 0.6) is 5.88 Å². The summed E-state index contributed by atoms with van der Waals surface area (Å²) in [6.45, 7) is 7.80. The lowest BCUT2D eigenvalue weighted by Gasteiger charge is -2.50. The Labute approximate surface area is 250 Å². The molecule has 0 radical (unpaired) electrons. The summed E-state index contributed by atoms with van der Waals surface area (Å²) in [6, 6.07) is 4.09. The maximum atomic E-state index is 10.6. The van der Waals surface area contributed by atoms with Gasteiger partial charge in [0.1, 0.15) is 0 Å². The average Bonchev–Trinajstić information content (AvgIpc) is 3.57. The van der Waals surface area contributed by atoms with E-state index >= 15 is 0 Å². The van der Waals surface area contributed by atoms with Gasteiger partial charge in [0.15, 0.2) is 0 Å². The standard InChI is InChI=1S/C19H29N3O2.3C2HF3O2/c1-23-18-16(5-4-8-20-18)13-22-14-19(15-22)17(7-12-24-19)6-11-21-9-2-3-10-21;3*3-2(4,5)1(6)7/h4-5,8,17H,2-3,6-7,9-15H2,1H3;3*(H,6,7). The quantitative estimate of drug-likeness (QED) is 0.375. The van der Waals surface area contributed by atoms with Gasteiger partial charge in [-0.1, -0.05) is 6.07 Å².